The molecule has 0 fully saturated rings. The normalized spacial score (nSPS) is 13.2. The third-order valence-electron chi connectivity index (χ3n) is 3.33. The van der Waals surface area contributed by atoms with Crippen LogP contribution in [-0.4, -0.2) is 22.9 Å². The third kappa shape index (κ3) is 5.04. The molecule has 4 N–H and O–H groups in total. The summed E-state index contributed by atoms with van der Waals surface area (Å²) < 4.78 is 0. The van der Waals surface area contributed by atoms with Crippen molar-refractivity contribution in [2.24, 2.45) is 5.73 Å². The number of benzene rings is 1. The molecule has 22 heavy (non-hydrogen) atoms. The molecule has 0 aromatic heterocycles. The molecule has 0 aliphatic rings. The second-order valence-electron chi connectivity index (χ2n) is 5.15. The second-order valence-corrected chi connectivity index (χ2v) is 5.59. The molecule has 6 nitrogen and oxygen atoms in total. The number of amides is 2. The minimum absolute atomic E-state index is 0.00859. The Kier molecular flexibility index (Phi) is 6.37. The van der Waals surface area contributed by atoms with Crippen molar-refractivity contribution in [3.63, 3.8) is 0 Å². The van der Waals surface area contributed by atoms with E-state index in [9.17, 15) is 14.4 Å². The summed E-state index contributed by atoms with van der Waals surface area (Å²) in [6.07, 6.45) is 0.946. The topological polar surface area (TPSA) is 109 Å². The Morgan fingerprint density at radius 1 is 1.27 bits per heavy atom. The van der Waals surface area contributed by atoms with Crippen molar-refractivity contribution in [3.8, 4) is 0 Å². The fourth-order valence-electron chi connectivity index (χ4n) is 1.98. The van der Waals surface area contributed by atoms with E-state index in [-0.39, 0.29) is 18.7 Å². The smallest absolute Gasteiger partial charge is 0.303 e. The summed E-state index contributed by atoms with van der Waals surface area (Å²) in [4.78, 5) is 34.1. The van der Waals surface area contributed by atoms with Crippen molar-refractivity contribution in [2.45, 2.75) is 38.1 Å². The van der Waals surface area contributed by atoms with Crippen LogP contribution in [0.5, 0.6) is 0 Å². The maximum Gasteiger partial charge on any atom is 0.303 e. The van der Waals surface area contributed by atoms with Gasteiger partial charge in [-0.25, -0.2) is 0 Å². The molecule has 0 aliphatic carbocycles. The highest BCUT2D eigenvalue weighted by Gasteiger charge is 2.34. The van der Waals surface area contributed by atoms with Gasteiger partial charge in [0, 0.05) is 17.9 Å². The number of carboxylic acid groups (broad SMARTS) is 1. The van der Waals surface area contributed by atoms with E-state index >= 15 is 0 Å². The largest absolute Gasteiger partial charge is 0.481 e. The van der Waals surface area contributed by atoms with E-state index in [1.54, 1.807) is 24.3 Å². The van der Waals surface area contributed by atoms with E-state index < -0.39 is 17.4 Å². The Labute approximate surface area is 133 Å². The number of unbranched alkanes of at least 4 members (excludes halogenated alkanes) is 1. The van der Waals surface area contributed by atoms with Crippen LogP contribution in [0.3, 0.4) is 0 Å². The SMILES string of the molecule is CC(NC(=O)CCCCC(=O)O)(C(N)=O)c1cccc(Cl)c1. The van der Waals surface area contributed by atoms with Gasteiger partial charge in [-0.1, -0.05) is 23.7 Å². The lowest BCUT2D eigenvalue weighted by Crippen LogP contribution is -2.52. The van der Waals surface area contributed by atoms with Crippen LogP contribution in [0.4, 0.5) is 0 Å². The number of nitrogens with one attached hydrogen (secondary N) is 1. The first-order valence-corrected chi connectivity index (χ1v) is 7.22. The highest BCUT2D eigenvalue weighted by atomic mass is 35.5. The average Bonchev–Trinajstić information content (AvgIpc) is 2.43. The van der Waals surface area contributed by atoms with Gasteiger partial charge in [0.15, 0.2) is 0 Å². The van der Waals surface area contributed by atoms with E-state index in [0.29, 0.717) is 23.4 Å². The van der Waals surface area contributed by atoms with Gasteiger partial charge in [-0.15, -0.1) is 0 Å². The summed E-state index contributed by atoms with van der Waals surface area (Å²) in [5.74, 6) is -1.97. The molecule has 0 aliphatic heterocycles. The molecule has 0 bridgehead atoms. The summed E-state index contributed by atoms with van der Waals surface area (Å²) in [7, 11) is 0. The Balaban J connectivity index is 2.73. The molecule has 0 saturated carbocycles. The fourth-order valence-corrected chi connectivity index (χ4v) is 2.17. The average molecular weight is 327 g/mol. The van der Waals surface area contributed by atoms with Gasteiger partial charge in [0.2, 0.25) is 11.8 Å². The van der Waals surface area contributed by atoms with Crippen LogP contribution >= 0.6 is 11.6 Å². The number of halogens is 1. The Hall–Kier alpha value is -2.08. The van der Waals surface area contributed by atoms with Crippen LogP contribution in [0.25, 0.3) is 0 Å². The molecule has 1 atom stereocenters. The minimum atomic E-state index is -1.37. The van der Waals surface area contributed by atoms with Crippen LogP contribution in [0.1, 0.15) is 38.2 Å². The van der Waals surface area contributed by atoms with E-state index in [2.05, 4.69) is 5.32 Å². The zero-order valence-electron chi connectivity index (χ0n) is 12.3. The number of hydrogen-bond acceptors (Lipinski definition) is 3. The molecule has 0 heterocycles. The Bertz CT molecular complexity index is 576. The molecule has 0 saturated heterocycles. The molecule has 120 valence electrons. The van der Waals surface area contributed by atoms with Crippen LogP contribution in [0, 0.1) is 0 Å². The zero-order chi connectivity index (χ0) is 16.8. The van der Waals surface area contributed by atoms with E-state index in [0.717, 1.165) is 0 Å². The van der Waals surface area contributed by atoms with Gasteiger partial charge in [-0.2, -0.15) is 0 Å². The first-order chi connectivity index (χ1) is 10.3. The number of carbonyl (C=O) groups is 3. The number of aliphatic carboxylic acids is 1. The van der Waals surface area contributed by atoms with Gasteiger partial charge in [-0.05, 0) is 37.5 Å². The predicted molar refractivity (Wildman–Crippen MR) is 82.2 cm³/mol. The molecule has 1 unspecified atom stereocenters. The summed E-state index contributed by atoms with van der Waals surface area (Å²) in [5.41, 5.74) is 4.55. The molecule has 1 aromatic carbocycles. The lowest BCUT2D eigenvalue weighted by molar-refractivity contribution is -0.137. The summed E-state index contributed by atoms with van der Waals surface area (Å²) in [5, 5.41) is 11.6. The van der Waals surface area contributed by atoms with Gasteiger partial charge in [0.1, 0.15) is 5.54 Å². The van der Waals surface area contributed by atoms with Crippen LogP contribution < -0.4 is 11.1 Å². The first-order valence-electron chi connectivity index (χ1n) is 6.84. The van der Waals surface area contributed by atoms with E-state index in [1.807, 2.05) is 0 Å². The Morgan fingerprint density at radius 2 is 1.91 bits per heavy atom. The zero-order valence-corrected chi connectivity index (χ0v) is 13.0. The monoisotopic (exact) mass is 326 g/mol. The Morgan fingerprint density at radius 3 is 2.45 bits per heavy atom. The predicted octanol–water partition coefficient (Wildman–Crippen LogP) is 1.80. The van der Waals surface area contributed by atoms with Gasteiger partial charge < -0.3 is 16.2 Å². The highest BCUT2D eigenvalue weighted by Crippen LogP contribution is 2.23. The number of carbonyl (C=O) groups excluding carboxylic acids is 2. The van der Waals surface area contributed by atoms with Crippen molar-refractivity contribution in [1.29, 1.82) is 0 Å². The van der Waals surface area contributed by atoms with Gasteiger partial charge in [0.25, 0.3) is 0 Å². The van der Waals surface area contributed by atoms with E-state index in [1.165, 1.54) is 6.92 Å². The number of carboxylic acids is 1. The second kappa shape index (κ2) is 7.79. The molecule has 2 amide bonds. The van der Waals surface area contributed by atoms with Crippen molar-refractivity contribution in [2.75, 3.05) is 0 Å². The quantitative estimate of drug-likeness (QED) is 0.633. The summed E-state index contributed by atoms with van der Waals surface area (Å²) in [6, 6.07) is 6.54. The maximum absolute atomic E-state index is 12.0. The minimum Gasteiger partial charge on any atom is -0.481 e. The van der Waals surface area contributed by atoms with Crippen LogP contribution in [0.2, 0.25) is 5.02 Å². The summed E-state index contributed by atoms with van der Waals surface area (Å²) in [6.45, 7) is 1.51. The van der Waals surface area contributed by atoms with Gasteiger partial charge >= 0.3 is 5.97 Å². The van der Waals surface area contributed by atoms with Crippen LogP contribution in [-0.2, 0) is 19.9 Å². The van der Waals surface area contributed by atoms with Crippen molar-refractivity contribution < 1.29 is 19.5 Å². The molecule has 1 rings (SSSR count). The number of hydrogen-bond donors (Lipinski definition) is 3. The standard InChI is InChI=1S/C15H19ClN2O4/c1-15(14(17)22,10-5-4-6-11(16)9-10)18-12(19)7-2-3-8-13(20)21/h4-6,9H,2-3,7-8H2,1H3,(H2,17,22)(H,18,19)(H,20,21). The number of primary amides is 1. The maximum atomic E-state index is 12.0. The first kappa shape index (κ1) is 18.0. The van der Waals surface area contributed by atoms with Crippen molar-refractivity contribution in [1.82, 2.24) is 5.32 Å². The van der Waals surface area contributed by atoms with Crippen LogP contribution in [0.15, 0.2) is 24.3 Å². The molecule has 1 aromatic rings. The number of nitrogens with two attached hydrogens (primary N) is 1. The molecule has 0 spiro atoms. The lowest BCUT2D eigenvalue weighted by Gasteiger charge is -2.28. The van der Waals surface area contributed by atoms with Gasteiger partial charge in [-0.3, -0.25) is 14.4 Å². The molecule has 7 heteroatoms. The summed E-state index contributed by atoms with van der Waals surface area (Å²) >= 11 is 5.90. The van der Waals surface area contributed by atoms with Crippen molar-refractivity contribution >= 4 is 29.4 Å². The number of rotatable bonds is 8. The van der Waals surface area contributed by atoms with Gasteiger partial charge in [0.05, 0.1) is 0 Å². The third-order valence-corrected chi connectivity index (χ3v) is 3.56. The molecular formula is C15H19ClN2O4. The fraction of sp³-hybridized carbons (Fsp3) is 0.400. The molecule has 0 radical (unpaired) electrons. The molecular weight excluding hydrogens is 308 g/mol. The highest BCUT2D eigenvalue weighted by molar-refractivity contribution is 6.30. The van der Waals surface area contributed by atoms with E-state index in [4.69, 9.17) is 22.4 Å². The lowest BCUT2D eigenvalue weighted by atomic mass is 9.91. The van der Waals surface area contributed by atoms with Crippen molar-refractivity contribution in [3.05, 3.63) is 34.9 Å².